The molecule has 1 aromatic heterocycles. The largest absolute Gasteiger partial charge is 0.391 e. The van der Waals surface area contributed by atoms with Gasteiger partial charge in [-0.05, 0) is 20.8 Å². The van der Waals surface area contributed by atoms with Crippen LogP contribution in [-0.4, -0.2) is 56.3 Å². The van der Waals surface area contributed by atoms with Gasteiger partial charge in [0.05, 0.1) is 24.7 Å². The molecule has 1 heterocycles. The molecule has 2 unspecified atom stereocenters. The lowest BCUT2D eigenvalue weighted by Gasteiger charge is -2.20. The Labute approximate surface area is 149 Å². The van der Waals surface area contributed by atoms with Crippen molar-refractivity contribution in [3.8, 4) is 0 Å². The van der Waals surface area contributed by atoms with Gasteiger partial charge < -0.3 is 36.8 Å². The van der Waals surface area contributed by atoms with Crippen LogP contribution in [0.4, 0.5) is 4.79 Å². The summed E-state index contributed by atoms with van der Waals surface area (Å²) in [6.07, 6.45) is -2.43. The maximum absolute atomic E-state index is 12.1. The van der Waals surface area contributed by atoms with Gasteiger partial charge in [-0.25, -0.2) is 4.79 Å². The fourth-order valence-corrected chi connectivity index (χ4v) is 2.04. The van der Waals surface area contributed by atoms with Crippen molar-refractivity contribution >= 4 is 17.7 Å². The molecule has 8 N–H and O–H groups in total. The van der Waals surface area contributed by atoms with E-state index in [4.69, 9.17) is 16.0 Å². The molecule has 12 nitrogen and oxygen atoms in total. The Morgan fingerprint density at radius 1 is 1.19 bits per heavy atom. The van der Waals surface area contributed by atoms with Gasteiger partial charge in [0.2, 0.25) is 11.8 Å². The third kappa shape index (κ3) is 6.06. The Morgan fingerprint density at radius 2 is 1.81 bits per heavy atom. The topological polar surface area (TPSA) is 207 Å². The molecule has 12 heteroatoms. The second-order valence-electron chi connectivity index (χ2n) is 5.93. The number of Topliss-reactive ketones (excluding diaryl/α,β-unsaturated/α-hetero) is 1. The van der Waals surface area contributed by atoms with Crippen LogP contribution in [-0.2, 0) is 9.59 Å². The molecule has 0 saturated carbocycles. The second kappa shape index (κ2) is 9.22. The van der Waals surface area contributed by atoms with E-state index in [9.17, 15) is 24.6 Å². The van der Waals surface area contributed by atoms with Gasteiger partial charge >= 0.3 is 6.03 Å². The van der Waals surface area contributed by atoms with Gasteiger partial charge in [-0.1, -0.05) is 5.16 Å². The Hall–Kier alpha value is -2.57. The number of aliphatic hydroxyl groups excluding tert-OH is 2. The second-order valence-corrected chi connectivity index (χ2v) is 5.93. The zero-order chi connectivity index (χ0) is 20.0. The predicted octanol–water partition coefficient (Wildman–Crippen LogP) is -2.00. The van der Waals surface area contributed by atoms with E-state index in [2.05, 4.69) is 20.8 Å². The SMILES string of the molecule is CC(=O)[C@@H](NC(=O)N[C@@H](CC(N)=O)c1nc([C@@H](N)C(C)O)no1)C(C)O. The minimum absolute atomic E-state index is 0.0164. The highest BCUT2D eigenvalue weighted by Crippen LogP contribution is 2.18. The van der Waals surface area contributed by atoms with E-state index >= 15 is 0 Å². The van der Waals surface area contributed by atoms with Gasteiger partial charge in [0.1, 0.15) is 12.1 Å². The van der Waals surface area contributed by atoms with Crippen LogP contribution in [0.5, 0.6) is 0 Å². The molecule has 0 saturated heterocycles. The number of hydrogen-bond donors (Lipinski definition) is 6. The third-order valence-electron chi connectivity index (χ3n) is 3.49. The van der Waals surface area contributed by atoms with Crippen LogP contribution in [0.1, 0.15) is 51.0 Å². The number of primary amides is 1. The first-order valence-corrected chi connectivity index (χ1v) is 7.83. The summed E-state index contributed by atoms with van der Waals surface area (Å²) in [6, 6.07) is -3.99. The Balaban J connectivity index is 2.92. The fraction of sp³-hybridized carbons (Fsp3) is 0.643. The van der Waals surface area contributed by atoms with Gasteiger partial charge in [0, 0.05) is 0 Å². The maximum Gasteiger partial charge on any atom is 0.316 e. The molecule has 0 aliphatic heterocycles. The van der Waals surface area contributed by atoms with Crippen LogP contribution in [0, 0.1) is 0 Å². The molecular weight excluding hydrogens is 348 g/mol. The highest BCUT2D eigenvalue weighted by molar-refractivity contribution is 5.87. The molecule has 5 atom stereocenters. The molecule has 0 radical (unpaired) electrons. The van der Waals surface area contributed by atoms with E-state index in [1.54, 1.807) is 0 Å². The zero-order valence-corrected chi connectivity index (χ0v) is 14.7. The van der Waals surface area contributed by atoms with Crippen molar-refractivity contribution in [1.82, 2.24) is 20.8 Å². The lowest BCUT2D eigenvalue weighted by Crippen LogP contribution is -2.51. The number of nitrogens with two attached hydrogens (primary N) is 2. The van der Waals surface area contributed by atoms with Crippen molar-refractivity contribution in [3.63, 3.8) is 0 Å². The average molecular weight is 372 g/mol. The molecule has 0 fully saturated rings. The van der Waals surface area contributed by atoms with Crippen LogP contribution in [0.15, 0.2) is 4.52 Å². The minimum atomic E-state index is -1.13. The van der Waals surface area contributed by atoms with E-state index in [1.165, 1.54) is 20.8 Å². The Bertz CT molecular complexity index is 646. The number of carbonyl (C=O) groups excluding carboxylic acids is 3. The fourth-order valence-electron chi connectivity index (χ4n) is 2.04. The standard InChI is InChI=1S/C14H24N6O6/c1-5(21)10(16)12-19-13(26-20-12)8(4-9(15)24)17-14(25)18-11(6(2)22)7(3)23/h5-6,8,10-11,21-22H,4,16H2,1-3H3,(H2,15,24)(H2,17,18,25)/t5?,6?,8-,10-,11-/m0/s1. The highest BCUT2D eigenvalue weighted by atomic mass is 16.5. The quantitative estimate of drug-likeness (QED) is 0.283. The number of aromatic nitrogens is 2. The van der Waals surface area contributed by atoms with E-state index in [-0.39, 0.29) is 18.1 Å². The summed E-state index contributed by atoms with van der Waals surface area (Å²) in [7, 11) is 0. The lowest BCUT2D eigenvalue weighted by molar-refractivity contribution is -0.121. The highest BCUT2D eigenvalue weighted by Gasteiger charge is 2.28. The molecular formula is C14H24N6O6. The molecule has 0 aliphatic rings. The molecule has 1 rings (SSSR count). The molecule has 1 aromatic rings. The van der Waals surface area contributed by atoms with Crippen LogP contribution in [0.2, 0.25) is 0 Å². The number of nitrogens with zero attached hydrogens (tertiary/aromatic N) is 2. The smallest absolute Gasteiger partial charge is 0.316 e. The number of ketones is 1. The number of rotatable bonds is 9. The monoisotopic (exact) mass is 372 g/mol. The van der Waals surface area contributed by atoms with Gasteiger partial charge in [0.15, 0.2) is 11.6 Å². The first-order chi connectivity index (χ1) is 12.0. The Morgan fingerprint density at radius 3 is 2.27 bits per heavy atom. The van der Waals surface area contributed by atoms with Crippen LogP contribution in [0.25, 0.3) is 0 Å². The van der Waals surface area contributed by atoms with Gasteiger partial charge in [-0.2, -0.15) is 4.98 Å². The molecule has 0 aliphatic carbocycles. The number of carbonyl (C=O) groups is 3. The number of hydrogen-bond acceptors (Lipinski definition) is 9. The molecule has 0 spiro atoms. The molecule has 0 aromatic carbocycles. The normalized spacial score (nSPS) is 16.8. The molecule has 3 amide bonds. The maximum atomic E-state index is 12.1. The molecule has 146 valence electrons. The summed E-state index contributed by atoms with van der Waals surface area (Å²) >= 11 is 0. The van der Waals surface area contributed by atoms with Gasteiger partial charge in [-0.3, -0.25) is 9.59 Å². The van der Waals surface area contributed by atoms with E-state index in [0.717, 1.165) is 0 Å². The first-order valence-electron chi connectivity index (χ1n) is 7.83. The lowest BCUT2D eigenvalue weighted by atomic mass is 10.1. The van der Waals surface area contributed by atoms with Crippen LogP contribution >= 0.6 is 0 Å². The third-order valence-corrected chi connectivity index (χ3v) is 3.49. The van der Waals surface area contributed by atoms with Gasteiger partial charge in [0.25, 0.3) is 0 Å². The van der Waals surface area contributed by atoms with Crippen molar-refractivity contribution in [2.75, 3.05) is 0 Å². The van der Waals surface area contributed by atoms with Crippen LogP contribution < -0.4 is 22.1 Å². The first kappa shape index (κ1) is 21.5. The number of nitrogens with one attached hydrogen (secondary N) is 2. The number of urea groups is 1. The van der Waals surface area contributed by atoms with E-state index in [1.807, 2.05) is 0 Å². The Kier molecular flexibility index (Phi) is 7.61. The van der Waals surface area contributed by atoms with E-state index in [0.29, 0.717) is 0 Å². The average Bonchev–Trinajstić information content (AvgIpc) is 2.99. The van der Waals surface area contributed by atoms with Gasteiger partial charge in [-0.15, -0.1) is 0 Å². The zero-order valence-electron chi connectivity index (χ0n) is 14.7. The minimum Gasteiger partial charge on any atom is -0.391 e. The van der Waals surface area contributed by atoms with E-state index < -0.39 is 48.1 Å². The number of amides is 3. The molecule has 0 bridgehead atoms. The van der Waals surface area contributed by atoms with Crippen LogP contribution in [0.3, 0.4) is 0 Å². The summed E-state index contributed by atoms with van der Waals surface area (Å²) in [5.74, 6) is -1.38. The summed E-state index contributed by atoms with van der Waals surface area (Å²) in [4.78, 5) is 38.7. The van der Waals surface area contributed by atoms with Crippen molar-refractivity contribution in [1.29, 1.82) is 0 Å². The summed E-state index contributed by atoms with van der Waals surface area (Å²) in [6.45, 7) is 3.99. The summed E-state index contributed by atoms with van der Waals surface area (Å²) < 4.78 is 4.98. The van der Waals surface area contributed by atoms with Crippen molar-refractivity contribution < 1.29 is 29.1 Å². The summed E-state index contributed by atoms with van der Waals surface area (Å²) in [5.41, 5.74) is 10.9. The number of aliphatic hydroxyl groups is 2. The summed E-state index contributed by atoms with van der Waals surface area (Å²) in [5, 5.41) is 27.2. The van der Waals surface area contributed by atoms with Crippen molar-refractivity contribution in [2.45, 2.75) is 57.5 Å². The van der Waals surface area contributed by atoms with Crippen molar-refractivity contribution in [2.24, 2.45) is 11.5 Å². The van der Waals surface area contributed by atoms with Crippen molar-refractivity contribution in [3.05, 3.63) is 11.7 Å². The predicted molar refractivity (Wildman–Crippen MR) is 87.3 cm³/mol. The molecule has 26 heavy (non-hydrogen) atoms.